The second-order valence-electron chi connectivity index (χ2n) is 5.17. The number of carbonyl (C=O) groups is 1. The SMILES string of the molecule is Nc1ccc2c(c1)CN(C(=O)c1ccc(O)cc1F)CC2. The van der Waals surface area contributed by atoms with Crippen molar-refractivity contribution in [3.05, 3.63) is 58.9 Å². The first-order valence-electron chi connectivity index (χ1n) is 6.69. The van der Waals surface area contributed by atoms with E-state index in [9.17, 15) is 14.3 Å². The second kappa shape index (κ2) is 5.09. The summed E-state index contributed by atoms with van der Waals surface area (Å²) in [6.45, 7) is 0.954. The number of hydrogen-bond donors (Lipinski definition) is 2. The summed E-state index contributed by atoms with van der Waals surface area (Å²) in [5.41, 5.74) is 8.55. The lowest BCUT2D eigenvalue weighted by Crippen LogP contribution is -2.36. The van der Waals surface area contributed by atoms with E-state index in [0.29, 0.717) is 18.8 Å². The Morgan fingerprint density at radius 1 is 1.19 bits per heavy atom. The number of phenolic OH excluding ortho intramolecular Hbond substituents is 1. The van der Waals surface area contributed by atoms with Crippen LogP contribution in [0, 0.1) is 5.82 Å². The molecular weight excluding hydrogens is 271 g/mol. The molecule has 0 aromatic heterocycles. The molecule has 1 amide bonds. The zero-order chi connectivity index (χ0) is 15.0. The zero-order valence-electron chi connectivity index (χ0n) is 11.3. The lowest BCUT2D eigenvalue weighted by molar-refractivity contribution is 0.0730. The number of amides is 1. The van der Waals surface area contributed by atoms with Gasteiger partial charge < -0.3 is 15.7 Å². The molecule has 5 heteroatoms. The second-order valence-corrected chi connectivity index (χ2v) is 5.17. The van der Waals surface area contributed by atoms with Crippen molar-refractivity contribution in [1.29, 1.82) is 0 Å². The van der Waals surface area contributed by atoms with E-state index in [1.54, 1.807) is 4.90 Å². The highest BCUT2D eigenvalue weighted by Crippen LogP contribution is 2.24. The molecule has 3 N–H and O–H groups in total. The van der Waals surface area contributed by atoms with Crippen molar-refractivity contribution in [3.8, 4) is 5.75 Å². The van der Waals surface area contributed by atoms with Gasteiger partial charge in [0.15, 0.2) is 0 Å². The van der Waals surface area contributed by atoms with Gasteiger partial charge in [-0.2, -0.15) is 0 Å². The van der Waals surface area contributed by atoms with Gasteiger partial charge in [0.1, 0.15) is 11.6 Å². The Morgan fingerprint density at radius 2 is 2.00 bits per heavy atom. The van der Waals surface area contributed by atoms with Crippen molar-refractivity contribution in [2.75, 3.05) is 12.3 Å². The zero-order valence-corrected chi connectivity index (χ0v) is 11.3. The maximum Gasteiger partial charge on any atom is 0.257 e. The van der Waals surface area contributed by atoms with Crippen LogP contribution in [0.5, 0.6) is 5.75 Å². The van der Waals surface area contributed by atoms with Crippen molar-refractivity contribution >= 4 is 11.6 Å². The highest BCUT2D eigenvalue weighted by Gasteiger charge is 2.24. The van der Waals surface area contributed by atoms with Crippen LogP contribution in [0.2, 0.25) is 0 Å². The van der Waals surface area contributed by atoms with Gasteiger partial charge in [0.05, 0.1) is 5.56 Å². The predicted molar refractivity (Wildman–Crippen MR) is 77.4 cm³/mol. The van der Waals surface area contributed by atoms with Crippen molar-refractivity contribution in [2.45, 2.75) is 13.0 Å². The van der Waals surface area contributed by atoms with Crippen molar-refractivity contribution in [3.63, 3.8) is 0 Å². The number of nitrogens with two attached hydrogens (primary N) is 1. The fourth-order valence-corrected chi connectivity index (χ4v) is 2.60. The van der Waals surface area contributed by atoms with Crippen LogP contribution in [0.15, 0.2) is 36.4 Å². The molecule has 2 aromatic rings. The molecule has 4 nitrogen and oxygen atoms in total. The molecule has 1 aliphatic heterocycles. The van der Waals surface area contributed by atoms with Gasteiger partial charge in [-0.25, -0.2) is 4.39 Å². The smallest absolute Gasteiger partial charge is 0.257 e. The summed E-state index contributed by atoms with van der Waals surface area (Å²) in [6.07, 6.45) is 0.723. The Kier molecular flexibility index (Phi) is 3.25. The van der Waals surface area contributed by atoms with Crippen molar-refractivity contribution in [1.82, 2.24) is 4.90 Å². The lowest BCUT2D eigenvalue weighted by Gasteiger charge is -2.29. The summed E-state index contributed by atoms with van der Waals surface area (Å²) in [5, 5.41) is 9.21. The molecule has 0 atom stereocenters. The molecule has 3 rings (SSSR count). The van der Waals surface area contributed by atoms with Crippen LogP contribution in [0.25, 0.3) is 0 Å². The first-order valence-corrected chi connectivity index (χ1v) is 6.69. The number of fused-ring (bicyclic) bond motifs is 1. The summed E-state index contributed by atoms with van der Waals surface area (Å²) in [7, 11) is 0. The van der Waals surface area contributed by atoms with Gasteiger partial charge in [0.25, 0.3) is 5.91 Å². The first-order chi connectivity index (χ1) is 10.0. The van der Waals surface area contributed by atoms with Gasteiger partial charge in [-0.15, -0.1) is 0 Å². The number of hydrogen-bond acceptors (Lipinski definition) is 3. The monoisotopic (exact) mass is 286 g/mol. The maximum atomic E-state index is 13.8. The van der Waals surface area contributed by atoms with E-state index in [2.05, 4.69) is 0 Å². The summed E-state index contributed by atoms with van der Waals surface area (Å²) in [5.74, 6) is -1.28. The largest absolute Gasteiger partial charge is 0.508 e. The number of aromatic hydroxyl groups is 1. The minimum absolute atomic E-state index is 0.0276. The normalized spacial score (nSPS) is 13.9. The van der Waals surface area contributed by atoms with E-state index < -0.39 is 5.82 Å². The van der Waals surface area contributed by atoms with Gasteiger partial charge in [-0.1, -0.05) is 6.07 Å². The molecule has 0 spiro atoms. The van der Waals surface area contributed by atoms with Gasteiger partial charge >= 0.3 is 0 Å². The topological polar surface area (TPSA) is 66.6 Å². The Morgan fingerprint density at radius 3 is 2.76 bits per heavy atom. The predicted octanol–water partition coefficient (Wildman–Crippen LogP) is 2.31. The molecule has 0 saturated heterocycles. The average Bonchev–Trinajstić information content (AvgIpc) is 2.46. The third-order valence-corrected chi connectivity index (χ3v) is 3.71. The van der Waals surface area contributed by atoms with Crippen LogP contribution in [-0.4, -0.2) is 22.5 Å². The fraction of sp³-hybridized carbons (Fsp3) is 0.188. The molecule has 1 heterocycles. The van der Waals surface area contributed by atoms with Crippen LogP contribution >= 0.6 is 0 Å². The van der Waals surface area contributed by atoms with E-state index in [4.69, 9.17) is 5.73 Å². The maximum absolute atomic E-state index is 13.8. The highest BCUT2D eigenvalue weighted by molar-refractivity contribution is 5.94. The molecular formula is C16H15FN2O2. The van der Waals surface area contributed by atoms with E-state index in [1.165, 1.54) is 17.7 Å². The van der Waals surface area contributed by atoms with E-state index >= 15 is 0 Å². The van der Waals surface area contributed by atoms with Crippen molar-refractivity contribution < 1.29 is 14.3 Å². The van der Waals surface area contributed by atoms with E-state index in [-0.39, 0.29) is 17.2 Å². The number of halogens is 1. The minimum atomic E-state index is -0.710. The third kappa shape index (κ3) is 2.54. The van der Waals surface area contributed by atoms with E-state index in [1.807, 2.05) is 18.2 Å². The van der Waals surface area contributed by atoms with Gasteiger partial charge in [-0.3, -0.25) is 4.79 Å². The van der Waals surface area contributed by atoms with Crippen LogP contribution in [0.3, 0.4) is 0 Å². The Bertz CT molecular complexity index is 715. The Labute approximate surface area is 121 Å². The fourth-order valence-electron chi connectivity index (χ4n) is 2.60. The van der Waals surface area contributed by atoms with Crippen molar-refractivity contribution in [2.24, 2.45) is 0 Å². The molecule has 21 heavy (non-hydrogen) atoms. The van der Waals surface area contributed by atoms with Gasteiger partial charge in [-0.05, 0) is 41.8 Å². The number of anilines is 1. The van der Waals surface area contributed by atoms with E-state index in [0.717, 1.165) is 18.1 Å². The van der Waals surface area contributed by atoms with Crippen LogP contribution < -0.4 is 5.73 Å². The molecule has 0 bridgehead atoms. The Hall–Kier alpha value is -2.56. The quantitative estimate of drug-likeness (QED) is 0.791. The number of nitrogens with zero attached hydrogens (tertiary/aromatic N) is 1. The molecule has 2 aromatic carbocycles. The molecule has 0 unspecified atom stereocenters. The molecule has 0 radical (unpaired) electrons. The number of rotatable bonds is 1. The molecule has 0 saturated carbocycles. The van der Waals surface area contributed by atoms with Gasteiger partial charge in [0, 0.05) is 24.8 Å². The molecule has 0 fully saturated rings. The van der Waals surface area contributed by atoms with Crippen LogP contribution in [-0.2, 0) is 13.0 Å². The standard InChI is InChI=1S/C16H15FN2O2/c17-15-8-13(20)3-4-14(15)16(21)19-6-5-10-1-2-12(18)7-11(10)9-19/h1-4,7-8,20H,5-6,9,18H2. The van der Waals surface area contributed by atoms with Crippen LogP contribution in [0.1, 0.15) is 21.5 Å². The summed E-state index contributed by atoms with van der Waals surface area (Å²) in [4.78, 5) is 14.0. The number of carbonyl (C=O) groups excluding carboxylic acids is 1. The Balaban J connectivity index is 1.87. The third-order valence-electron chi connectivity index (χ3n) is 3.71. The molecule has 108 valence electrons. The summed E-state index contributed by atoms with van der Waals surface area (Å²) < 4.78 is 13.8. The number of nitrogen functional groups attached to an aromatic ring is 1. The first kappa shape index (κ1) is 13.4. The number of benzene rings is 2. The van der Waals surface area contributed by atoms with Gasteiger partial charge in [0.2, 0.25) is 0 Å². The molecule has 0 aliphatic carbocycles. The highest BCUT2D eigenvalue weighted by atomic mass is 19.1. The lowest BCUT2D eigenvalue weighted by atomic mass is 9.98. The van der Waals surface area contributed by atoms with Crippen LogP contribution in [0.4, 0.5) is 10.1 Å². The molecule has 1 aliphatic rings. The summed E-state index contributed by atoms with van der Waals surface area (Å²) in [6, 6.07) is 9.22. The minimum Gasteiger partial charge on any atom is -0.508 e. The average molecular weight is 286 g/mol. The summed E-state index contributed by atoms with van der Waals surface area (Å²) >= 11 is 0. The number of phenols is 1.